The topological polar surface area (TPSA) is 41.5 Å². The summed E-state index contributed by atoms with van der Waals surface area (Å²) in [7, 11) is 0. The monoisotopic (exact) mass is 265 g/mol. The highest BCUT2D eigenvalue weighted by molar-refractivity contribution is 5.24. The van der Waals surface area contributed by atoms with Gasteiger partial charge in [-0.1, -0.05) is 50.6 Å². The molecule has 1 aromatic carbocycles. The van der Waals surface area contributed by atoms with Crippen molar-refractivity contribution < 1.29 is 9.84 Å². The van der Waals surface area contributed by atoms with Crippen molar-refractivity contribution in [1.82, 2.24) is 5.32 Å². The Morgan fingerprint density at radius 1 is 1.16 bits per heavy atom. The van der Waals surface area contributed by atoms with Crippen molar-refractivity contribution in [3.8, 4) is 0 Å². The predicted molar refractivity (Wildman–Crippen MR) is 79.2 cm³/mol. The molecule has 0 spiro atoms. The molecule has 0 heterocycles. The molecule has 1 atom stereocenters. The van der Waals surface area contributed by atoms with Crippen LogP contribution in [0.25, 0.3) is 0 Å². The number of benzene rings is 1. The Morgan fingerprint density at radius 3 is 2.47 bits per heavy atom. The van der Waals surface area contributed by atoms with Gasteiger partial charge in [0.2, 0.25) is 0 Å². The zero-order valence-corrected chi connectivity index (χ0v) is 12.2. The van der Waals surface area contributed by atoms with Crippen molar-refractivity contribution in [2.45, 2.75) is 38.6 Å². The zero-order chi connectivity index (χ0) is 14.0. The van der Waals surface area contributed by atoms with Crippen LogP contribution in [-0.4, -0.2) is 31.5 Å². The maximum Gasteiger partial charge on any atom is 0.0691 e. The van der Waals surface area contributed by atoms with E-state index < -0.39 is 0 Å². The summed E-state index contributed by atoms with van der Waals surface area (Å²) >= 11 is 0. The van der Waals surface area contributed by atoms with E-state index in [0.717, 1.165) is 38.0 Å². The van der Waals surface area contributed by atoms with E-state index in [1.165, 1.54) is 0 Å². The molecule has 1 aromatic rings. The minimum absolute atomic E-state index is 0.0853. The normalized spacial score (nSPS) is 14.3. The van der Waals surface area contributed by atoms with Crippen molar-refractivity contribution >= 4 is 0 Å². The average molecular weight is 265 g/mol. The lowest BCUT2D eigenvalue weighted by Gasteiger charge is -2.33. The fraction of sp³-hybridized carbons (Fsp3) is 0.625. The number of likely N-dealkylation sites (N-methyl/N-ethyl adjacent to an activating group) is 1. The van der Waals surface area contributed by atoms with Gasteiger partial charge in [-0.2, -0.15) is 0 Å². The first-order valence-electron chi connectivity index (χ1n) is 7.28. The highest BCUT2D eigenvalue weighted by Crippen LogP contribution is 2.24. The zero-order valence-electron chi connectivity index (χ0n) is 12.2. The number of hydrogen-bond donors (Lipinski definition) is 2. The fourth-order valence-corrected chi connectivity index (χ4v) is 2.25. The van der Waals surface area contributed by atoms with Crippen LogP contribution < -0.4 is 5.32 Å². The molecule has 0 bridgehead atoms. The molecular weight excluding hydrogens is 238 g/mol. The standard InChI is InChI=1S/C16H27NO2/c1-3-5-12-19-13-11-16(14-18,17-4-2)15-9-7-6-8-10-15/h6-10,17-18H,3-5,11-14H2,1-2H3. The summed E-state index contributed by atoms with van der Waals surface area (Å²) in [5.74, 6) is 0. The molecule has 0 radical (unpaired) electrons. The van der Waals surface area contributed by atoms with Crippen LogP contribution in [-0.2, 0) is 10.3 Å². The second-order valence-corrected chi connectivity index (χ2v) is 4.85. The van der Waals surface area contributed by atoms with Crippen molar-refractivity contribution in [2.24, 2.45) is 0 Å². The summed E-state index contributed by atoms with van der Waals surface area (Å²) in [4.78, 5) is 0. The lowest BCUT2D eigenvalue weighted by Crippen LogP contribution is -2.46. The van der Waals surface area contributed by atoms with Crippen molar-refractivity contribution in [1.29, 1.82) is 0 Å². The van der Waals surface area contributed by atoms with Gasteiger partial charge < -0.3 is 15.2 Å². The Morgan fingerprint density at radius 2 is 1.89 bits per heavy atom. The van der Waals surface area contributed by atoms with Gasteiger partial charge in [-0.05, 0) is 24.9 Å². The Balaban J connectivity index is 2.65. The highest BCUT2D eigenvalue weighted by Gasteiger charge is 2.29. The van der Waals surface area contributed by atoms with Crippen LogP contribution >= 0.6 is 0 Å². The molecule has 0 amide bonds. The van der Waals surface area contributed by atoms with Gasteiger partial charge in [0.05, 0.1) is 12.1 Å². The van der Waals surface area contributed by atoms with Crippen LogP contribution in [0.3, 0.4) is 0 Å². The summed E-state index contributed by atoms with van der Waals surface area (Å²) in [5, 5.41) is 13.3. The molecule has 0 fully saturated rings. The first kappa shape index (κ1) is 16.2. The summed E-state index contributed by atoms with van der Waals surface area (Å²) in [6, 6.07) is 10.1. The van der Waals surface area contributed by atoms with Gasteiger partial charge in [-0.15, -0.1) is 0 Å². The van der Waals surface area contributed by atoms with Gasteiger partial charge >= 0.3 is 0 Å². The molecule has 0 saturated heterocycles. The van der Waals surface area contributed by atoms with Gasteiger partial charge in [0, 0.05) is 13.2 Å². The quantitative estimate of drug-likeness (QED) is 0.639. The van der Waals surface area contributed by atoms with Crippen LogP contribution in [0.15, 0.2) is 30.3 Å². The minimum atomic E-state index is -0.387. The van der Waals surface area contributed by atoms with E-state index in [1.54, 1.807) is 0 Å². The van der Waals surface area contributed by atoms with E-state index in [0.29, 0.717) is 6.61 Å². The summed E-state index contributed by atoms with van der Waals surface area (Å²) in [6.07, 6.45) is 3.03. The number of aliphatic hydroxyl groups excluding tert-OH is 1. The molecule has 19 heavy (non-hydrogen) atoms. The summed E-state index contributed by atoms with van der Waals surface area (Å²) < 4.78 is 5.65. The molecule has 3 nitrogen and oxygen atoms in total. The summed E-state index contributed by atoms with van der Waals surface area (Å²) in [6.45, 7) is 6.60. The molecule has 2 N–H and O–H groups in total. The largest absolute Gasteiger partial charge is 0.394 e. The van der Waals surface area contributed by atoms with Crippen LogP contribution in [0.5, 0.6) is 0 Å². The molecule has 108 valence electrons. The second-order valence-electron chi connectivity index (χ2n) is 4.85. The highest BCUT2D eigenvalue weighted by atomic mass is 16.5. The SMILES string of the molecule is CCCCOCCC(CO)(NCC)c1ccccc1. The third-order valence-electron chi connectivity index (χ3n) is 3.43. The molecule has 0 aromatic heterocycles. The lowest BCUT2D eigenvalue weighted by molar-refractivity contribution is 0.0781. The molecule has 0 saturated carbocycles. The second kappa shape index (κ2) is 9.08. The number of unbranched alkanes of at least 4 members (excludes halogenated alkanes) is 1. The number of nitrogens with one attached hydrogen (secondary N) is 1. The first-order valence-corrected chi connectivity index (χ1v) is 7.28. The molecular formula is C16H27NO2. The van der Waals surface area contributed by atoms with Crippen LogP contribution in [0.1, 0.15) is 38.7 Å². The van der Waals surface area contributed by atoms with Gasteiger partial charge in [-0.25, -0.2) is 0 Å². The number of aliphatic hydroxyl groups is 1. The van der Waals surface area contributed by atoms with E-state index in [-0.39, 0.29) is 12.1 Å². The van der Waals surface area contributed by atoms with Crippen LogP contribution in [0.4, 0.5) is 0 Å². The predicted octanol–water partition coefficient (Wildman–Crippen LogP) is 2.69. The van der Waals surface area contributed by atoms with E-state index in [1.807, 2.05) is 18.2 Å². The van der Waals surface area contributed by atoms with E-state index in [4.69, 9.17) is 4.74 Å². The number of ether oxygens (including phenoxy) is 1. The molecule has 1 unspecified atom stereocenters. The van der Waals surface area contributed by atoms with Gasteiger partial charge in [0.25, 0.3) is 0 Å². The number of hydrogen-bond acceptors (Lipinski definition) is 3. The van der Waals surface area contributed by atoms with Gasteiger partial charge in [-0.3, -0.25) is 0 Å². The van der Waals surface area contributed by atoms with E-state index in [9.17, 15) is 5.11 Å². The summed E-state index contributed by atoms with van der Waals surface area (Å²) in [5.41, 5.74) is 0.737. The Bertz CT molecular complexity index is 329. The number of rotatable bonds is 10. The molecule has 1 rings (SSSR count). The lowest BCUT2D eigenvalue weighted by atomic mass is 9.87. The van der Waals surface area contributed by atoms with Crippen molar-refractivity contribution in [3.05, 3.63) is 35.9 Å². The maximum atomic E-state index is 9.85. The maximum absolute atomic E-state index is 9.85. The smallest absolute Gasteiger partial charge is 0.0691 e. The molecule has 0 aliphatic carbocycles. The third kappa shape index (κ3) is 4.94. The van der Waals surface area contributed by atoms with Gasteiger partial charge in [0.15, 0.2) is 0 Å². The van der Waals surface area contributed by atoms with Crippen LogP contribution in [0, 0.1) is 0 Å². The van der Waals surface area contributed by atoms with Crippen molar-refractivity contribution in [2.75, 3.05) is 26.4 Å². The van der Waals surface area contributed by atoms with E-state index in [2.05, 4.69) is 31.3 Å². The fourth-order valence-electron chi connectivity index (χ4n) is 2.25. The Labute approximate surface area is 117 Å². The average Bonchev–Trinajstić information content (AvgIpc) is 2.47. The van der Waals surface area contributed by atoms with Crippen molar-refractivity contribution in [3.63, 3.8) is 0 Å². The van der Waals surface area contributed by atoms with Gasteiger partial charge in [0.1, 0.15) is 0 Å². The Hall–Kier alpha value is -0.900. The van der Waals surface area contributed by atoms with Crippen LogP contribution in [0.2, 0.25) is 0 Å². The Kier molecular flexibility index (Phi) is 7.72. The molecule has 0 aliphatic rings. The third-order valence-corrected chi connectivity index (χ3v) is 3.43. The minimum Gasteiger partial charge on any atom is -0.394 e. The first-order chi connectivity index (χ1) is 9.29. The molecule has 0 aliphatic heterocycles. The molecule has 3 heteroatoms. The van der Waals surface area contributed by atoms with E-state index >= 15 is 0 Å².